The molecule has 1 aromatic rings. The lowest BCUT2D eigenvalue weighted by Crippen LogP contribution is -2.24. The molecule has 19 heavy (non-hydrogen) atoms. The van der Waals surface area contributed by atoms with Crippen LogP contribution in [0.2, 0.25) is 0 Å². The standard InChI is InChI=1S/C17H22O2/c1-5-6-10-13-17(3,4)16(19-14(2)18)15-11-8-7-9-12-15/h5-13,16H,1-4H3/b6-5-,13-10-. The van der Waals surface area contributed by atoms with Crippen molar-refractivity contribution in [3.8, 4) is 0 Å². The molecule has 1 unspecified atom stereocenters. The Kier molecular flexibility index (Phi) is 5.56. The highest BCUT2D eigenvalue weighted by Crippen LogP contribution is 2.37. The Hall–Kier alpha value is -1.83. The smallest absolute Gasteiger partial charge is 0.303 e. The lowest BCUT2D eigenvalue weighted by Gasteiger charge is -2.31. The fourth-order valence-electron chi connectivity index (χ4n) is 1.95. The van der Waals surface area contributed by atoms with Gasteiger partial charge in [0.05, 0.1) is 0 Å². The number of allylic oxidation sites excluding steroid dienone is 3. The maximum Gasteiger partial charge on any atom is 0.303 e. The topological polar surface area (TPSA) is 26.3 Å². The average Bonchev–Trinajstić information content (AvgIpc) is 2.37. The zero-order valence-corrected chi connectivity index (χ0v) is 12.1. The maximum atomic E-state index is 11.3. The first-order chi connectivity index (χ1) is 8.97. The van der Waals surface area contributed by atoms with Gasteiger partial charge in [0.15, 0.2) is 0 Å². The largest absolute Gasteiger partial charge is 0.457 e. The molecule has 1 aromatic carbocycles. The molecular weight excluding hydrogens is 236 g/mol. The molecular formula is C17H22O2. The van der Waals surface area contributed by atoms with Gasteiger partial charge >= 0.3 is 5.97 Å². The van der Waals surface area contributed by atoms with E-state index in [0.29, 0.717) is 0 Å². The van der Waals surface area contributed by atoms with Crippen LogP contribution in [0.25, 0.3) is 0 Å². The molecule has 0 saturated carbocycles. The third-order valence-corrected chi connectivity index (χ3v) is 2.89. The summed E-state index contributed by atoms with van der Waals surface area (Å²) in [4.78, 5) is 11.3. The summed E-state index contributed by atoms with van der Waals surface area (Å²) < 4.78 is 5.52. The van der Waals surface area contributed by atoms with Gasteiger partial charge < -0.3 is 4.74 Å². The number of esters is 1. The van der Waals surface area contributed by atoms with Crippen molar-refractivity contribution in [1.82, 2.24) is 0 Å². The SMILES string of the molecule is C/C=C\C=C/C(C)(C)C(OC(C)=O)c1ccccc1. The molecule has 1 atom stereocenters. The molecule has 102 valence electrons. The van der Waals surface area contributed by atoms with Gasteiger partial charge in [0.1, 0.15) is 6.10 Å². The molecule has 1 rings (SSSR count). The molecule has 0 N–H and O–H groups in total. The van der Waals surface area contributed by atoms with Gasteiger partial charge in [-0.25, -0.2) is 0 Å². The Bertz CT molecular complexity index is 455. The van der Waals surface area contributed by atoms with E-state index >= 15 is 0 Å². The van der Waals surface area contributed by atoms with Crippen LogP contribution < -0.4 is 0 Å². The number of carbonyl (C=O) groups is 1. The second-order valence-electron chi connectivity index (χ2n) is 5.11. The summed E-state index contributed by atoms with van der Waals surface area (Å²) in [6, 6.07) is 9.84. The molecule has 0 saturated heterocycles. The van der Waals surface area contributed by atoms with Crippen molar-refractivity contribution in [2.24, 2.45) is 5.41 Å². The molecule has 0 bridgehead atoms. The second kappa shape index (κ2) is 6.93. The molecule has 0 amide bonds. The maximum absolute atomic E-state index is 11.3. The van der Waals surface area contributed by atoms with Crippen molar-refractivity contribution in [3.63, 3.8) is 0 Å². The Morgan fingerprint density at radius 1 is 1.21 bits per heavy atom. The predicted octanol–water partition coefficient (Wildman–Crippen LogP) is 4.45. The van der Waals surface area contributed by atoms with Crippen LogP contribution in [0.15, 0.2) is 54.6 Å². The van der Waals surface area contributed by atoms with Gasteiger partial charge in [0, 0.05) is 12.3 Å². The summed E-state index contributed by atoms with van der Waals surface area (Å²) in [6.45, 7) is 7.54. The first-order valence-corrected chi connectivity index (χ1v) is 6.50. The Labute approximate surface area is 115 Å². The number of benzene rings is 1. The first kappa shape index (κ1) is 15.2. The number of carbonyl (C=O) groups excluding carboxylic acids is 1. The van der Waals surface area contributed by atoms with Crippen LogP contribution in [-0.4, -0.2) is 5.97 Å². The zero-order valence-electron chi connectivity index (χ0n) is 12.1. The molecule has 0 aliphatic rings. The van der Waals surface area contributed by atoms with Crippen molar-refractivity contribution in [2.45, 2.75) is 33.8 Å². The highest BCUT2D eigenvalue weighted by Gasteiger charge is 2.31. The number of ether oxygens (including phenoxy) is 1. The van der Waals surface area contributed by atoms with Crippen molar-refractivity contribution >= 4 is 5.97 Å². The Morgan fingerprint density at radius 2 is 1.84 bits per heavy atom. The summed E-state index contributed by atoms with van der Waals surface area (Å²) in [5.41, 5.74) is 0.736. The Morgan fingerprint density at radius 3 is 2.37 bits per heavy atom. The molecule has 0 spiro atoms. The highest BCUT2D eigenvalue weighted by atomic mass is 16.5. The van der Waals surface area contributed by atoms with E-state index < -0.39 is 0 Å². The lowest BCUT2D eigenvalue weighted by atomic mass is 9.82. The van der Waals surface area contributed by atoms with Gasteiger partial charge in [-0.15, -0.1) is 0 Å². The van der Waals surface area contributed by atoms with Crippen LogP contribution in [0.3, 0.4) is 0 Å². The molecule has 0 radical (unpaired) electrons. The van der Waals surface area contributed by atoms with Crippen molar-refractivity contribution < 1.29 is 9.53 Å². The fourth-order valence-corrected chi connectivity index (χ4v) is 1.95. The van der Waals surface area contributed by atoms with Gasteiger partial charge in [0.25, 0.3) is 0 Å². The van der Waals surface area contributed by atoms with Gasteiger partial charge in [0.2, 0.25) is 0 Å². The van der Waals surface area contributed by atoms with Crippen LogP contribution in [-0.2, 0) is 9.53 Å². The van der Waals surface area contributed by atoms with E-state index in [9.17, 15) is 4.79 Å². The normalized spacial score (nSPS) is 13.9. The van der Waals surface area contributed by atoms with Gasteiger partial charge in [-0.1, -0.05) is 68.5 Å². The zero-order chi connectivity index (χ0) is 14.3. The molecule has 0 aliphatic heterocycles. The van der Waals surface area contributed by atoms with E-state index in [4.69, 9.17) is 4.74 Å². The molecule has 2 heteroatoms. The molecule has 0 heterocycles. The molecule has 2 nitrogen and oxygen atoms in total. The Balaban J connectivity index is 3.06. The molecule has 0 fully saturated rings. The van der Waals surface area contributed by atoms with Gasteiger partial charge in [-0.05, 0) is 12.5 Å². The minimum absolute atomic E-state index is 0.263. The number of rotatable bonds is 5. The van der Waals surface area contributed by atoms with E-state index in [-0.39, 0.29) is 17.5 Å². The summed E-state index contributed by atoms with van der Waals surface area (Å²) in [5, 5.41) is 0. The summed E-state index contributed by atoms with van der Waals surface area (Å²) in [7, 11) is 0. The van der Waals surface area contributed by atoms with Crippen molar-refractivity contribution in [1.29, 1.82) is 0 Å². The van der Waals surface area contributed by atoms with E-state index in [1.54, 1.807) is 0 Å². The third-order valence-electron chi connectivity index (χ3n) is 2.89. The summed E-state index contributed by atoms with van der Waals surface area (Å²) in [5.74, 6) is -0.263. The van der Waals surface area contributed by atoms with Crippen LogP contribution in [0.5, 0.6) is 0 Å². The van der Waals surface area contributed by atoms with Crippen molar-refractivity contribution in [3.05, 3.63) is 60.2 Å². The van der Waals surface area contributed by atoms with E-state index in [0.717, 1.165) is 5.56 Å². The minimum atomic E-state index is -0.285. The average molecular weight is 258 g/mol. The summed E-state index contributed by atoms with van der Waals surface area (Å²) >= 11 is 0. The van der Waals surface area contributed by atoms with E-state index in [1.807, 2.05) is 55.5 Å². The summed E-state index contributed by atoms with van der Waals surface area (Å²) in [6.07, 6.45) is 7.70. The van der Waals surface area contributed by atoms with E-state index in [1.165, 1.54) is 6.92 Å². The van der Waals surface area contributed by atoms with Gasteiger partial charge in [-0.3, -0.25) is 4.79 Å². The second-order valence-corrected chi connectivity index (χ2v) is 5.11. The van der Waals surface area contributed by atoms with Crippen LogP contribution in [0, 0.1) is 5.41 Å². The van der Waals surface area contributed by atoms with E-state index in [2.05, 4.69) is 19.9 Å². The number of hydrogen-bond donors (Lipinski definition) is 0. The number of hydrogen-bond acceptors (Lipinski definition) is 2. The third kappa shape index (κ3) is 4.74. The van der Waals surface area contributed by atoms with Crippen LogP contribution in [0.4, 0.5) is 0 Å². The van der Waals surface area contributed by atoms with Crippen molar-refractivity contribution in [2.75, 3.05) is 0 Å². The van der Waals surface area contributed by atoms with Crippen LogP contribution in [0.1, 0.15) is 39.4 Å². The fraction of sp³-hybridized carbons (Fsp3) is 0.353. The van der Waals surface area contributed by atoms with Gasteiger partial charge in [-0.2, -0.15) is 0 Å². The molecule has 0 aromatic heterocycles. The molecule has 0 aliphatic carbocycles. The highest BCUT2D eigenvalue weighted by molar-refractivity contribution is 5.66. The minimum Gasteiger partial charge on any atom is -0.457 e. The quantitative estimate of drug-likeness (QED) is 0.576. The monoisotopic (exact) mass is 258 g/mol. The first-order valence-electron chi connectivity index (χ1n) is 6.50. The lowest BCUT2D eigenvalue weighted by molar-refractivity contribution is -0.151. The predicted molar refractivity (Wildman–Crippen MR) is 78.7 cm³/mol. The van der Waals surface area contributed by atoms with Crippen LogP contribution >= 0.6 is 0 Å².